The number of fused-ring (bicyclic) bond motifs is 2. The summed E-state index contributed by atoms with van der Waals surface area (Å²) in [7, 11) is -17.0. The van der Waals surface area contributed by atoms with Gasteiger partial charge in [0.25, 0.3) is 40.5 Å². The number of carbonyl (C=O) groups excluding carboxylic acids is 1. The molecule has 26 nitrogen and oxygen atoms in total. The Kier molecular flexibility index (Phi) is 22.3. The van der Waals surface area contributed by atoms with Crippen LogP contribution in [0.5, 0.6) is 17.2 Å². The number of hydrazone groups is 1. The first-order valence-electron chi connectivity index (χ1n) is 20.6. The fourth-order valence-electron chi connectivity index (χ4n) is 7.17. The molecule has 386 valence electrons. The van der Waals surface area contributed by atoms with E-state index >= 15 is 0 Å². The number of methoxy groups -OCH3 is 2. The van der Waals surface area contributed by atoms with Crippen LogP contribution in [-0.4, -0.2) is 216 Å². The molecule has 34 heteroatoms. The summed E-state index contributed by atoms with van der Waals surface area (Å²) >= 11 is 0. The van der Waals surface area contributed by atoms with E-state index in [4.69, 9.17) is 9.47 Å². The van der Waals surface area contributed by atoms with Crippen LogP contribution in [-0.2, 0) is 40.5 Å². The van der Waals surface area contributed by atoms with Gasteiger partial charge < -0.3 is 30.5 Å². The molecule has 7 aromatic rings. The topological polar surface area (TPSA) is 397 Å². The van der Waals surface area contributed by atoms with Crippen molar-refractivity contribution in [2.24, 2.45) is 15.3 Å². The molecule has 78 heavy (non-hydrogen) atoms. The van der Waals surface area contributed by atoms with E-state index < -0.39 is 77.3 Å². The number of hydrogen-bond acceptors (Lipinski definition) is 22. The number of azo groups is 1. The van der Waals surface area contributed by atoms with Crippen molar-refractivity contribution in [3.05, 3.63) is 125 Å². The number of Topliss-reactive ketones (excluding diaryl/α,β-unsaturated/α-hetero) is 1. The van der Waals surface area contributed by atoms with E-state index in [9.17, 15) is 61.8 Å². The summed E-state index contributed by atoms with van der Waals surface area (Å²) in [5.41, 5.74) is 2.68. The van der Waals surface area contributed by atoms with Crippen LogP contribution < -0.4 is 30.8 Å². The minimum Gasteiger partial charge on any atom is -0.507 e. The van der Waals surface area contributed by atoms with Crippen LogP contribution in [0, 0.1) is 6.92 Å². The molecule has 0 saturated carbocycles. The van der Waals surface area contributed by atoms with Crippen LogP contribution >= 0.6 is 0 Å². The Labute approximate surface area is 533 Å². The molecule has 6 aromatic carbocycles. The summed E-state index contributed by atoms with van der Waals surface area (Å²) in [6.45, 7) is 1.63. The number of allylic oxidation sites excluding steroid dienone is 1. The molecule has 9 N–H and O–H groups in total. The fourth-order valence-corrected chi connectivity index (χ4v) is 9.40. The molecule has 0 unspecified atom stereocenters. The van der Waals surface area contributed by atoms with Gasteiger partial charge in [-0.05, 0) is 102 Å². The molecule has 4 radical (unpaired) electrons. The third-order valence-electron chi connectivity index (χ3n) is 10.6. The first-order chi connectivity index (χ1) is 34.8. The second-order valence-electron chi connectivity index (χ2n) is 15.5. The number of nitrogens with one attached hydrogen (secondary N) is 4. The molecule has 1 aromatic heterocycles. The van der Waals surface area contributed by atoms with Gasteiger partial charge in [-0.1, -0.05) is 18.2 Å². The molecular weight excluding hydrogens is 1140 g/mol. The number of aryl methyl sites for hydroxylation is 1. The largest absolute Gasteiger partial charge is 0.507 e. The average molecular weight is 1180 g/mol. The second-order valence-corrected chi connectivity index (χ2v) is 21.2. The molecule has 1 aliphatic carbocycles. The summed E-state index contributed by atoms with van der Waals surface area (Å²) in [4.78, 5) is 24.3. The third-order valence-corrected chi connectivity index (χ3v) is 13.9. The number of nitrogens with zero attached hydrogens (tertiary/aromatic N) is 6. The molecule has 0 aliphatic heterocycles. The Hall–Kier alpha value is -4.49. The van der Waals surface area contributed by atoms with Gasteiger partial charge in [-0.15, -0.1) is 5.11 Å². The first-order valence-corrected chi connectivity index (χ1v) is 26.4. The number of aromatic hydroxyl groups is 1. The maximum atomic E-state index is 13.8. The molecule has 0 fully saturated rings. The molecular formula is C44H36N10Na4O16S4. The van der Waals surface area contributed by atoms with Crippen LogP contribution in [0.15, 0.2) is 138 Å². The van der Waals surface area contributed by atoms with E-state index in [1.54, 1.807) is 43.3 Å². The van der Waals surface area contributed by atoms with Gasteiger partial charge in [0.05, 0.1) is 57.0 Å². The van der Waals surface area contributed by atoms with Crippen molar-refractivity contribution < 1.29 is 71.3 Å². The molecule has 0 spiro atoms. The van der Waals surface area contributed by atoms with Crippen molar-refractivity contribution in [1.29, 1.82) is 0 Å². The van der Waals surface area contributed by atoms with Gasteiger partial charge in [-0.25, -0.2) is 0 Å². The predicted molar refractivity (Wildman–Crippen MR) is 290 cm³/mol. The van der Waals surface area contributed by atoms with Crippen molar-refractivity contribution >= 4 is 239 Å². The van der Waals surface area contributed by atoms with Crippen LogP contribution in [0.3, 0.4) is 0 Å². The van der Waals surface area contributed by atoms with Crippen LogP contribution in [0.25, 0.3) is 16.8 Å². The predicted octanol–water partition coefficient (Wildman–Crippen LogP) is 5.81. The fraction of sp³-hybridized carbons (Fsp3) is 0.0682. The standard InChI is InChI=1S/C44H36N10O16S4.4Na/c1-22-13-32(37(70-3)21-31(22)51-53-34-19-28(72(60,61)62)15-24-16-29(73(63,64)65)20-35(55)39(24)34)47-44-49-42(45-25-7-5-4-6-8-25)48-43(50-44)46-26-9-11-30-23(14-26)17-38(74(66,67)68)40(41(30)56)54-52-33-18-27(71(57,58)59)10-12-36(33)69-2;;;;/h4-21,52,55H,1-3H3,(H,57,58,59)(H,60,61,62)(H,63,64,65)(H,66,67,68)(H3,45,46,47,48,49,50);;;;/b53-51?,54-40+;;;;. The van der Waals surface area contributed by atoms with Gasteiger partial charge in [0.15, 0.2) is 5.71 Å². The zero-order chi connectivity index (χ0) is 53.5. The van der Waals surface area contributed by atoms with Gasteiger partial charge in [-0.3, -0.25) is 28.4 Å². The summed E-state index contributed by atoms with van der Waals surface area (Å²) in [5.74, 6) is -1.70. The first kappa shape index (κ1) is 66.0. The number of rotatable bonds is 16. The Morgan fingerprint density at radius 3 is 1.69 bits per heavy atom. The number of hydrogen-bond donors (Lipinski definition) is 9. The number of carbonyl (C=O) groups is 1. The summed E-state index contributed by atoms with van der Waals surface area (Å²) in [5, 5.41) is 31.7. The Bertz CT molecular complexity index is 4070. The quantitative estimate of drug-likeness (QED) is 0.0238. The molecule has 0 saturated heterocycles. The summed E-state index contributed by atoms with van der Waals surface area (Å²) in [6, 6.07) is 22.4. The van der Waals surface area contributed by atoms with Crippen molar-refractivity contribution in [3.63, 3.8) is 0 Å². The van der Waals surface area contributed by atoms with E-state index in [2.05, 4.69) is 51.7 Å². The molecule has 1 heterocycles. The number of para-hydroxylation sites is 1. The normalized spacial score (nSPS) is 12.9. The number of phenols is 1. The van der Waals surface area contributed by atoms with Crippen LogP contribution in [0.1, 0.15) is 21.5 Å². The minimum absolute atomic E-state index is 0. The van der Waals surface area contributed by atoms with E-state index in [-0.39, 0.29) is 198 Å². The number of benzene rings is 6. The Morgan fingerprint density at radius 2 is 1.12 bits per heavy atom. The summed E-state index contributed by atoms with van der Waals surface area (Å²) < 4.78 is 147. The maximum Gasteiger partial charge on any atom is 0.296 e. The zero-order valence-electron chi connectivity index (χ0n) is 41.9. The number of ether oxygens (including phenoxy) is 2. The van der Waals surface area contributed by atoms with Gasteiger partial charge in [0.2, 0.25) is 23.6 Å². The van der Waals surface area contributed by atoms with E-state index in [0.29, 0.717) is 11.3 Å². The molecule has 8 rings (SSSR count). The number of ketones is 1. The Morgan fingerprint density at radius 1 is 0.551 bits per heavy atom. The van der Waals surface area contributed by atoms with Crippen molar-refractivity contribution in [2.75, 3.05) is 35.6 Å². The summed E-state index contributed by atoms with van der Waals surface area (Å²) in [6.07, 6.45) is 0.981. The SMILES string of the molecule is COc1ccc(S(=O)(=O)O)cc1N/N=C1/C(=O)c2ccc(Nc3nc(Nc4ccccc4)nc(Nc4cc(C)c(N=Nc5cc(S(=O)(=O)O)cc6cc(S(=O)(=O)O)cc(O)c56)cc4OC)n3)cc2C=C1S(=O)(=O)O.[Na].[Na].[Na].[Na]. The molecule has 0 bridgehead atoms. The molecule has 0 amide bonds. The van der Waals surface area contributed by atoms with Gasteiger partial charge in [0, 0.05) is 147 Å². The molecule has 0 atom stereocenters. The van der Waals surface area contributed by atoms with E-state index in [1.807, 2.05) is 0 Å². The van der Waals surface area contributed by atoms with Gasteiger partial charge >= 0.3 is 0 Å². The average Bonchev–Trinajstić information content (AvgIpc) is 3.32. The van der Waals surface area contributed by atoms with Gasteiger partial charge in [-0.2, -0.15) is 58.8 Å². The van der Waals surface area contributed by atoms with Crippen LogP contribution in [0.4, 0.5) is 52.0 Å². The van der Waals surface area contributed by atoms with E-state index in [1.165, 1.54) is 44.6 Å². The van der Waals surface area contributed by atoms with Crippen LogP contribution in [0.2, 0.25) is 0 Å². The monoisotopic (exact) mass is 1180 g/mol. The number of phenolic OH excluding ortho intramolecular Hbond substituents is 1. The number of aromatic nitrogens is 3. The smallest absolute Gasteiger partial charge is 0.296 e. The van der Waals surface area contributed by atoms with Crippen molar-refractivity contribution in [3.8, 4) is 17.2 Å². The van der Waals surface area contributed by atoms with Crippen molar-refractivity contribution in [1.82, 2.24) is 15.0 Å². The number of anilines is 7. The maximum absolute atomic E-state index is 13.8. The zero-order valence-corrected chi connectivity index (χ0v) is 53.2. The molecule has 1 aliphatic rings. The third kappa shape index (κ3) is 15.5. The minimum atomic E-state index is -5.14. The van der Waals surface area contributed by atoms with E-state index in [0.717, 1.165) is 42.5 Å². The van der Waals surface area contributed by atoms with Gasteiger partial charge in [0.1, 0.15) is 22.2 Å². The Balaban J connectivity index is 0.00000328. The second kappa shape index (κ2) is 26.4. The van der Waals surface area contributed by atoms with Crippen molar-refractivity contribution in [2.45, 2.75) is 21.6 Å².